The van der Waals surface area contributed by atoms with Crippen LogP contribution >= 0.6 is 11.3 Å². The highest BCUT2D eigenvalue weighted by molar-refractivity contribution is 7.19. The van der Waals surface area contributed by atoms with Crippen molar-refractivity contribution >= 4 is 45.1 Å². The van der Waals surface area contributed by atoms with E-state index < -0.39 is 0 Å². The molecule has 0 bridgehead atoms. The minimum absolute atomic E-state index is 0.176. The van der Waals surface area contributed by atoms with Crippen LogP contribution in [0.15, 0.2) is 84.9 Å². The van der Waals surface area contributed by atoms with E-state index in [0.29, 0.717) is 39.8 Å². The molecule has 4 aromatic rings. The zero-order chi connectivity index (χ0) is 25.8. The molecule has 37 heavy (non-hydrogen) atoms. The molecule has 7 nitrogen and oxygen atoms in total. The van der Waals surface area contributed by atoms with E-state index in [-0.39, 0.29) is 17.4 Å². The van der Waals surface area contributed by atoms with Gasteiger partial charge >= 0.3 is 0 Å². The smallest absolute Gasteiger partial charge is 0.259 e. The van der Waals surface area contributed by atoms with Crippen molar-refractivity contribution in [3.05, 3.63) is 101 Å². The second-order valence-corrected chi connectivity index (χ2v) is 9.74. The summed E-state index contributed by atoms with van der Waals surface area (Å²) in [6, 6.07) is 26.7. The molecule has 1 aromatic heterocycles. The molecule has 5 rings (SSSR count). The number of thiophene rings is 1. The number of carbonyl (C=O) groups excluding carboxylic acids is 2. The van der Waals surface area contributed by atoms with Crippen molar-refractivity contribution in [2.24, 2.45) is 0 Å². The Morgan fingerprint density at radius 2 is 1.57 bits per heavy atom. The van der Waals surface area contributed by atoms with Crippen molar-refractivity contribution in [1.82, 2.24) is 4.90 Å². The number of piperazine rings is 1. The average Bonchev–Trinajstić information content (AvgIpc) is 3.28. The van der Waals surface area contributed by atoms with Crippen molar-refractivity contribution in [2.45, 2.75) is 0 Å². The first kappa shape index (κ1) is 24.4. The number of carbonyl (C=O) groups is 2. The molecule has 0 saturated carbocycles. The number of nitrogen functional groups attached to an aromatic ring is 1. The first-order valence-corrected chi connectivity index (χ1v) is 12.9. The van der Waals surface area contributed by atoms with Crippen LogP contribution in [0, 0.1) is 0 Å². The number of para-hydroxylation sites is 2. The summed E-state index contributed by atoms with van der Waals surface area (Å²) in [5, 5.41) is 3.88. The second-order valence-electron chi connectivity index (χ2n) is 8.72. The van der Waals surface area contributed by atoms with E-state index in [9.17, 15) is 9.59 Å². The third kappa shape index (κ3) is 5.15. The van der Waals surface area contributed by atoms with Gasteiger partial charge in [0.05, 0.1) is 18.4 Å². The van der Waals surface area contributed by atoms with Crippen LogP contribution in [0.2, 0.25) is 0 Å². The molecule has 3 aromatic carbocycles. The van der Waals surface area contributed by atoms with Crippen LogP contribution in [0.1, 0.15) is 25.6 Å². The van der Waals surface area contributed by atoms with E-state index in [2.05, 4.69) is 22.3 Å². The quantitative estimate of drug-likeness (QED) is 0.328. The summed E-state index contributed by atoms with van der Waals surface area (Å²) in [5.41, 5.74) is 9.50. The fourth-order valence-corrected chi connectivity index (χ4v) is 5.52. The summed E-state index contributed by atoms with van der Waals surface area (Å²) in [6.45, 7) is 2.56. The largest absolute Gasteiger partial charge is 0.497 e. The van der Waals surface area contributed by atoms with E-state index >= 15 is 0 Å². The van der Waals surface area contributed by atoms with E-state index in [4.69, 9.17) is 10.5 Å². The van der Waals surface area contributed by atoms with Gasteiger partial charge < -0.3 is 25.6 Å². The summed E-state index contributed by atoms with van der Waals surface area (Å²) < 4.78 is 5.28. The fraction of sp³-hybridized carbons (Fsp3) is 0.172. The number of nitrogens with one attached hydrogen (secondary N) is 1. The van der Waals surface area contributed by atoms with Gasteiger partial charge in [0.1, 0.15) is 15.6 Å². The molecule has 0 aliphatic carbocycles. The van der Waals surface area contributed by atoms with Gasteiger partial charge in [0, 0.05) is 43.1 Å². The van der Waals surface area contributed by atoms with E-state index in [0.717, 1.165) is 24.5 Å². The van der Waals surface area contributed by atoms with Crippen molar-refractivity contribution in [3.63, 3.8) is 0 Å². The number of nitrogens with zero attached hydrogens (tertiary/aromatic N) is 2. The topological polar surface area (TPSA) is 87.9 Å². The number of hydrogen-bond donors (Lipinski definition) is 2. The lowest BCUT2D eigenvalue weighted by atomic mass is 10.1. The van der Waals surface area contributed by atoms with Gasteiger partial charge in [-0.3, -0.25) is 9.59 Å². The molecule has 188 valence electrons. The summed E-state index contributed by atoms with van der Waals surface area (Å²) in [4.78, 5) is 31.7. The molecule has 3 N–H and O–H groups in total. The maximum atomic E-state index is 13.8. The molecule has 8 heteroatoms. The van der Waals surface area contributed by atoms with Gasteiger partial charge in [0.15, 0.2) is 0 Å². The van der Waals surface area contributed by atoms with Gasteiger partial charge in [0.2, 0.25) is 5.78 Å². The monoisotopic (exact) mass is 512 g/mol. The Morgan fingerprint density at radius 1 is 0.892 bits per heavy atom. The Labute approximate surface area is 220 Å². The first-order valence-electron chi connectivity index (χ1n) is 12.1. The molecule has 0 radical (unpaired) electrons. The van der Waals surface area contributed by atoms with Gasteiger partial charge in [-0.05, 0) is 36.4 Å². The number of benzene rings is 3. The van der Waals surface area contributed by atoms with Gasteiger partial charge in [-0.2, -0.15) is 0 Å². The lowest BCUT2D eigenvalue weighted by Crippen LogP contribution is -2.49. The van der Waals surface area contributed by atoms with Crippen LogP contribution in [0.25, 0.3) is 0 Å². The highest BCUT2D eigenvalue weighted by Crippen LogP contribution is 2.40. The molecular weight excluding hydrogens is 484 g/mol. The Bertz CT molecular complexity index is 1400. The predicted octanol–water partition coefficient (Wildman–Crippen LogP) is 5.28. The Kier molecular flexibility index (Phi) is 7.09. The molecule has 0 spiro atoms. The van der Waals surface area contributed by atoms with Crippen LogP contribution in [0.3, 0.4) is 0 Å². The molecule has 1 aliphatic rings. The number of anilines is 4. The minimum Gasteiger partial charge on any atom is -0.497 e. The van der Waals surface area contributed by atoms with Crippen LogP contribution in [-0.4, -0.2) is 49.9 Å². The van der Waals surface area contributed by atoms with Crippen LogP contribution in [0.5, 0.6) is 5.75 Å². The SMILES string of the molecule is COc1cccc(C(=O)c2sc(Nc3ccccc3)c(C(=O)N3CCN(c4ccccc4)CC3)c2N)c1. The zero-order valence-corrected chi connectivity index (χ0v) is 21.3. The molecule has 1 amide bonds. The average molecular weight is 513 g/mol. The van der Waals surface area contributed by atoms with Crippen LogP contribution < -0.4 is 20.7 Å². The van der Waals surface area contributed by atoms with Crippen LogP contribution in [-0.2, 0) is 0 Å². The van der Waals surface area contributed by atoms with E-state index in [1.54, 1.807) is 31.4 Å². The molecule has 0 unspecified atom stereocenters. The first-order chi connectivity index (χ1) is 18.0. The van der Waals surface area contributed by atoms with Gasteiger partial charge in [-0.1, -0.05) is 48.5 Å². The van der Waals surface area contributed by atoms with Crippen molar-refractivity contribution in [1.29, 1.82) is 0 Å². The highest BCUT2D eigenvalue weighted by atomic mass is 32.1. The van der Waals surface area contributed by atoms with E-state index in [1.807, 2.05) is 53.4 Å². The lowest BCUT2D eigenvalue weighted by Gasteiger charge is -2.36. The normalized spacial score (nSPS) is 13.3. The number of ketones is 1. The highest BCUT2D eigenvalue weighted by Gasteiger charge is 2.31. The number of amides is 1. The Hall–Kier alpha value is -4.30. The third-order valence-corrected chi connectivity index (χ3v) is 7.54. The maximum Gasteiger partial charge on any atom is 0.259 e. The lowest BCUT2D eigenvalue weighted by molar-refractivity contribution is 0.0749. The van der Waals surface area contributed by atoms with Gasteiger partial charge in [-0.15, -0.1) is 11.3 Å². The number of ether oxygens (including phenoxy) is 1. The van der Waals surface area contributed by atoms with Gasteiger partial charge in [0.25, 0.3) is 5.91 Å². The molecular formula is C29H28N4O3S. The molecule has 1 aliphatic heterocycles. The summed E-state index contributed by atoms with van der Waals surface area (Å²) in [7, 11) is 1.55. The number of rotatable bonds is 7. The number of nitrogens with two attached hydrogens (primary N) is 1. The summed E-state index contributed by atoms with van der Waals surface area (Å²) >= 11 is 1.20. The van der Waals surface area contributed by atoms with Crippen LogP contribution in [0.4, 0.5) is 22.1 Å². The maximum absolute atomic E-state index is 13.8. The molecule has 2 heterocycles. The minimum atomic E-state index is -0.245. The fourth-order valence-electron chi connectivity index (χ4n) is 4.43. The van der Waals surface area contributed by atoms with Crippen molar-refractivity contribution in [2.75, 3.05) is 49.2 Å². The number of methoxy groups -OCH3 is 1. The molecule has 1 fully saturated rings. The van der Waals surface area contributed by atoms with Gasteiger partial charge in [-0.25, -0.2) is 0 Å². The molecule has 0 atom stereocenters. The van der Waals surface area contributed by atoms with E-state index in [1.165, 1.54) is 11.3 Å². The summed E-state index contributed by atoms with van der Waals surface area (Å²) in [5.74, 6) is 0.159. The van der Waals surface area contributed by atoms with Crippen molar-refractivity contribution < 1.29 is 14.3 Å². The molecule has 1 saturated heterocycles. The predicted molar refractivity (Wildman–Crippen MR) is 149 cm³/mol. The third-order valence-electron chi connectivity index (χ3n) is 6.42. The Balaban J connectivity index is 1.45. The Morgan fingerprint density at radius 3 is 2.24 bits per heavy atom. The summed E-state index contributed by atoms with van der Waals surface area (Å²) in [6.07, 6.45) is 0. The second kappa shape index (κ2) is 10.8. The van der Waals surface area contributed by atoms with Crippen molar-refractivity contribution in [3.8, 4) is 5.75 Å². The zero-order valence-electron chi connectivity index (χ0n) is 20.5. The standard InChI is InChI=1S/C29H28N4O3S/c1-36-23-14-8-9-20(19-23)26(34)27-25(30)24(28(37-27)31-21-10-4-2-5-11-21)29(35)33-17-15-32(16-18-33)22-12-6-3-7-13-22/h2-14,19,31H,15-18,30H2,1H3. The number of hydrogen-bond acceptors (Lipinski definition) is 7.